The molecule has 4 nitrogen and oxygen atoms in total. The van der Waals surface area contributed by atoms with Crippen molar-refractivity contribution < 1.29 is 4.21 Å². The van der Waals surface area contributed by atoms with Gasteiger partial charge < -0.3 is 5.32 Å². The topological polar surface area (TPSA) is 46.9 Å². The van der Waals surface area contributed by atoms with Crippen LogP contribution in [-0.2, 0) is 17.3 Å². The molecule has 1 aliphatic rings. The standard InChI is InChI=1S/C14H25N3OS/c1-12(19(2)18)7-9-15-11-13-8-10-17(16-13)14-5-3-4-6-14/h8,10,12,14-15H,3-7,9,11H2,1-2H3. The number of rotatable bonds is 7. The molecule has 1 fully saturated rings. The molecule has 1 saturated carbocycles. The first-order chi connectivity index (χ1) is 9.16. The van der Waals surface area contributed by atoms with Crippen LogP contribution in [0.1, 0.15) is 50.8 Å². The molecular weight excluding hydrogens is 258 g/mol. The molecule has 5 heteroatoms. The Kier molecular flexibility index (Phi) is 5.58. The summed E-state index contributed by atoms with van der Waals surface area (Å²) in [5.41, 5.74) is 1.11. The van der Waals surface area contributed by atoms with E-state index in [1.54, 1.807) is 6.26 Å². The van der Waals surface area contributed by atoms with Crippen LogP contribution < -0.4 is 5.32 Å². The number of hydrogen-bond donors (Lipinski definition) is 1. The summed E-state index contributed by atoms with van der Waals surface area (Å²) in [5, 5.41) is 8.29. The van der Waals surface area contributed by atoms with Crippen molar-refractivity contribution in [1.82, 2.24) is 15.1 Å². The van der Waals surface area contributed by atoms with E-state index in [4.69, 9.17) is 0 Å². The van der Waals surface area contributed by atoms with Crippen LogP contribution in [0.15, 0.2) is 12.3 Å². The Morgan fingerprint density at radius 3 is 2.95 bits per heavy atom. The summed E-state index contributed by atoms with van der Waals surface area (Å²) < 4.78 is 13.4. The molecule has 0 aliphatic heterocycles. The molecule has 1 heterocycles. The zero-order valence-corrected chi connectivity index (χ0v) is 12.8. The van der Waals surface area contributed by atoms with Gasteiger partial charge in [-0.05, 0) is 31.9 Å². The van der Waals surface area contributed by atoms with Gasteiger partial charge in [0, 0.05) is 35.0 Å². The van der Waals surface area contributed by atoms with Gasteiger partial charge in [-0.25, -0.2) is 0 Å². The van der Waals surface area contributed by atoms with Crippen LogP contribution in [0.4, 0.5) is 0 Å². The second-order valence-electron chi connectivity index (χ2n) is 5.50. The van der Waals surface area contributed by atoms with Gasteiger partial charge in [0.1, 0.15) is 0 Å². The van der Waals surface area contributed by atoms with Gasteiger partial charge in [-0.2, -0.15) is 5.10 Å². The van der Waals surface area contributed by atoms with Gasteiger partial charge in [0.25, 0.3) is 0 Å². The maximum atomic E-state index is 11.2. The summed E-state index contributed by atoms with van der Waals surface area (Å²) in [6.45, 7) is 3.74. The first-order valence-corrected chi connectivity index (χ1v) is 8.86. The molecule has 0 amide bonds. The Morgan fingerprint density at radius 1 is 1.53 bits per heavy atom. The Balaban J connectivity index is 1.70. The number of nitrogens with one attached hydrogen (secondary N) is 1. The van der Waals surface area contributed by atoms with E-state index in [1.807, 2.05) is 6.92 Å². The summed E-state index contributed by atoms with van der Waals surface area (Å²) in [4.78, 5) is 0. The highest BCUT2D eigenvalue weighted by atomic mass is 32.2. The van der Waals surface area contributed by atoms with Crippen molar-refractivity contribution in [2.45, 2.75) is 56.9 Å². The molecule has 2 rings (SSSR count). The number of aromatic nitrogens is 2. The highest BCUT2D eigenvalue weighted by molar-refractivity contribution is 7.84. The van der Waals surface area contributed by atoms with E-state index >= 15 is 0 Å². The fraction of sp³-hybridized carbons (Fsp3) is 0.786. The van der Waals surface area contributed by atoms with Crippen LogP contribution in [0, 0.1) is 0 Å². The molecule has 1 aliphatic carbocycles. The van der Waals surface area contributed by atoms with Crippen molar-refractivity contribution in [2.24, 2.45) is 0 Å². The molecule has 0 aromatic carbocycles. The average Bonchev–Trinajstić information content (AvgIpc) is 3.04. The highest BCUT2D eigenvalue weighted by Gasteiger charge is 2.17. The smallest absolute Gasteiger partial charge is 0.0762 e. The van der Waals surface area contributed by atoms with Gasteiger partial charge in [-0.1, -0.05) is 19.8 Å². The van der Waals surface area contributed by atoms with Gasteiger partial charge in [0.15, 0.2) is 0 Å². The average molecular weight is 283 g/mol. The van der Waals surface area contributed by atoms with Crippen LogP contribution in [0.25, 0.3) is 0 Å². The van der Waals surface area contributed by atoms with Gasteiger partial charge >= 0.3 is 0 Å². The molecule has 0 saturated heterocycles. The minimum atomic E-state index is -0.716. The Morgan fingerprint density at radius 2 is 2.26 bits per heavy atom. The lowest BCUT2D eigenvalue weighted by Crippen LogP contribution is -2.21. The maximum absolute atomic E-state index is 11.2. The lowest BCUT2D eigenvalue weighted by atomic mass is 10.3. The molecule has 1 aromatic rings. The molecule has 19 heavy (non-hydrogen) atoms. The SMILES string of the molecule is CC(CCNCc1ccn(C2CCCC2)n1)S(C)=O. The van der Waals surface area contributed by atoms with E-state index in [1.165, 1.54) is 25.7 Å². The molecule has 2 atom stereocenters. The largest absolute Gasteiger partial charge is 0.311 e. The van der Waals surface area contributed by atoms with E-state index in [2.05, 4.69) is 27.4 Å². The van der Waals surface area contributed by atoms with Crippen molar-refractivity contribution in [1.29, 1.82) is 0 Å². The van der Waals surface area contributed by atoms with E-state index in [0.29, 0.717) is 6.04 Å². The molecule has 0 bridgehead atoms. The van der Waals surface area contributed by atoms with Crippen molar-refractivity contribution in [3.8, 4) is 0 Å². The monoisotopic (exact) mass is 283 g/mol. The molecule has 1 aromatic heterocycles. The quantitative estimate of drug-likeness (QED) is 0.781. The van der Waals surface area contributed by atoms with Gasteiger partial charge in [0.2, 0.25) is 0 Å². The summed E-state index contributed by atoms with van der Waals surface area (Å²) in [5.74, 6) is 0. The fourth-order valence-electron chi connectivity index (χ4n) is 2.53. The fourth-order valence-corrected chi connectivity index (χ4v) is 2.98. The number of nitrogens with zero attached hydrogens (tertiary/aromatic N) is 2. The Hall–Kier alpha value is -0.680. The second-order valence-corrected chi connectivity index (χ2v) is 7.30. The van der Waals surface area contributed by atoms with E-state index in [-0.39, 0.29) is 5.25 Å². The summed E-state index contributed by atoms with van der Waals surface area (Å²) in [7, 11) is -0.716. The third-order valence-electron chi connectivity index (χ3n) is 3.96. The summed E-state index contributed by atoms with van der Waals surface area (Å²) >= 11 is 0. The number of hydrogen-bond acceptors (Lipinski definition) is 3. The van der Waals surface area contributed by atoms with Crippen molar-refractivity contribution in [2.75, 3.05) is 12.8 Å². The van der Waals surface area contributed by atoms with Crippen LogP contribution in [-0.4, -0.2) is 32.0 Å². The lowest BCUT2D eigenvalue weighted by molar-refractivity contribution is 0.460. The predicted octanol–water partition coefficient (Wildman–Crippen LogP) is 2.24. The molecule has 108 valence electrons. The lowest BCUT2D eigenvalue weighted by Gasteiger charge is -2.09. The van der Waals surface area contributed by atoms with Crippen LogP contribution in [0.2, 0.25) is 0 Å². The predicted molar refractivity (Wildman–Crippen MR) is 79.6 cm³/mol. The second kappa shape index (κ2) is 7.20. The minimum Gasteiger partial charge on any atom is -0.311 e. The molecule has 2 unspecified atom stereocenters. The van der Waals surface area contributed by atoms with Crippen LogP contribution in [0.3, 0.4) is 0 Å². The van der Waals surface area contributed by atoms with E-state index in [9.17, 15) is 4.21 Å². The summed E-state index contributed by atoms with van der Waals surface area (Å²) in [6.07, 6.45) is 10.0. The van der Waals surface area contributed by atoms with Crippen molar-refractivity contribution in [3.05, 3.63) is 18.0 Å². The van der Waals surface area contributed by atoms with E-state index in [0.717, 1.165) is 25.2 Å². The highest BCUT2D eigenvalue weighted by Crippen LogP contribution is 2.28. The van der Waals surface area contributed by atoms with Gasteiger partial charge in [0.05, 0.1) is 11.7 Å². The first-order valence-electron chi connectivity index (χ1n) is 7.24. The molecule has 0 radical (unpaired) electrons. The molecular formula is C14H25N3OS. The Labute approximate surface area is 118 Å². The minimum absolute atomic E-state index is 0.267. The molecule has 1 N–H and O–H groups in total. The first kappa shape index (κ1) is 14.7. The van der Waals surface area contributed by atoms with E-state index < -0.39 is 10.8 Å². The zero-order chi connectivity index (χ0) is 13.7. The van der Waals surface area contributed by atoms with Crippen molar-refractivity contribution >= 4 is 10.8 Å². The normalized spacial score (nSPS) is 19.7. The third kappa shape index (κ3) is 4.42. The van der Waals surface area contributed by atoms with Gasteiger partial charge in [-0.3, -0.25) is 8.89 Å². The molecule has 0 spiro atoms. The Bertz CT molecular complexity index is 413. The third-order valence-corrected chi connectivity index (χ3v) is 5.33. The van der Waals surface area contributed by atoms with Crippen LogP contribution in [0.5, 0.6) is 0 Å². The zero-order valence-electron chi connectivity index (χ0n) is 12.0. The van der Waals surface area contributed by atoms with Crippen molar-refractivity contribution in [3.63, 3.8) is 0 Å². The van der Waals surface area contributed by atoms with Crippen LogP contribution >= 0.6 is 0 Å². The van der Waals surface area contributed by atoms with Gasteiger partial charge in [-0.15, -0.1) is 0 Å². The summed E-state index contributed by atoms with van der Waals surface area (Å²) in [6, 6.07) is 2.73. The maximum Gasteiger partial charge on any atom is 0.0762 e.